The Morgan fingerprint density at radius 3 is 2.21 bits per heavy atom. The van der Waals surface area contributed by atoms with Gasteiger partial charge >= 0.3 is 0 Å². The van der Waals surface area contributed by atoms with Crippen molar-refractivity contribution < 1.29 is 23.0 Å². The lowest BCUT2D eigenvalue weighted by Crippen LogP contribution is -2.17. The molecule has 0 spiro atoms. The van der Waals surface area contributed by atoms with Gasteiger partial charge < -0.3 is 9.84 Å². The van der Waals surface area contributed by atoms with E-state index in [-0.39, 0.29) is 29.8 Å². The van der Waals surface area contributed by atoms with Gasteiger partial charge in [0.25, 0.3) is 0 Å². The molecule has 1 saturated carbocycles. The van der Waals surface area contributed by atoms with Gasteiger partial charge in [-0.3, -0.25) is 0 Å². The fourth-order valence-corrected chi connectivity index (χ4v) is 4.61. The third kappa shape index (κ3) is 5.36. The summed E-state index contributed by atoms with van der Waals surface area (Å²) in [6.07, 6.45) is 6.50. The number of aliphatic hydroxyl groups excluding tert-OH is 1. The molecule has 0 unspecified atom stereocenters. The van der Waals surface area contributed by atoms with Crippen LogP contribution in [0.5, 0.6) is 5.75 Å². The number of halogens is 3. The highest BCUT2D eigenvalue weighted by Gasteiger charge is 2.25. The zero-order valence-electron chi connectivity index (χ0n) is 19.2. The maximum Gasteiger partial charge on any atom is 0.166 e. The highest BCUT2D eigenvalue weighted by molar-refractivity contribution is 5.72. The molecule has 0 aromatic heterocycles. The number of aliphatic hydroxyl groups is 1. The molecule has 1 N–H and O–H groups in total. The largest absolute Gasteiger partial charge is 0.491 e. The first-order valence-corrected chi connectivity index (χ1v) is 11.8. The van der Waals surface area contributed by atoms with Crippen molar-refractivity contribution in [2.24, 2.45) is 5.92 Å². The summed E-state index contributed by atoms with van der Waals surface area (Å²) >= 11 is 0. The van der Waals surface area contributed by atoms with Crippen LogP contribution in [-0.4, -0.2) is 18.3 Å². The quantitative estimate of drug-likeness (QED) is 0.363. The molecular formula is C29H29F3O2. The molecule has 1 fully saturated rings. The summed E-state index contributed by atoms with van der Waals surface area (Å²) in [7, 11) is 0. The minimum absolute atomic E-state index is 0.00434. The van der Waals surface area contributed by atoms with Crippen molar-refractivity contribution in [1.29, 1.82) is 0 Å². The lowest BCUT2D eigenvalue weighted by Gasteiger charge is -2.28. The molecule has 2 nitrogen and oxygen atoms in total. The Bertz CT molecular complexity index is 1150. The zero-order valence-corrected chi connectivity index (χ0v) is 19.2. The zero-order chi connectivity index (χ0) is 24.1. The van der Waals surface area contributed by atoms with Gasteiger partial charge in [0, 0.05) is 12.2 Å². The van der Waals surface area contributed by atoms with Crippen molar-refractivity contribution in [3.8, 4) is 16.9 Å². The lowest BCUT2D eigenvalue weighted by atomic mass is 9.78. The van der Waals surface area contributed by atoms with E-state index < -0.39 is 17.5 Å². The topological polar surface area (TPSA) is 29.5 Å². The molecule has 34 heavy (non-hydrogen) atoms. The summed E-state index contributed by atoms with van der Waals surface area (Å²) in [5, 5.41) is 9.29. The van der Waals surface area contributed by atoms with Crippen LogP contribution in [0.4, 0.5) is 13.2 Å². The highest BCUT2D eigenvalue weighted by Crippen LogP contribution is 2.37. The van der Waals surface area contributed by atoms with E-state index in [1.807, 2.05) is 24.3 Å². The van der Waals surface area contributed by atoms with E-state index in [0.717, 1.165) is 42.4 Å². The molecule has 0 bridgehead atoms. The summed E-state index contributed by atoms with van der Waals surface area (Å²) in [6, 6.07) is 15.6. The predicted molar refractivity (Wildman–Crippen MR) is 130 cm³/mol. The molecule has 0 atom stereocenters. The van der Waals surface area contributed by atoms with E-state index in [9.17, 15) is 18.3 Å². The Morgan fingerprint density at radius 1 is 0.853 bits per heavy atom. The molecule has 5 heteroatoms. The van der Waals surface area contributed by atoms with Gasteiger partial charge in [0.2, 0.25) is 0 Å². The molecular weight excluding hydrogens is 437 g/mol. The van der Waals surface area contributed by atoms with E-state index in [2.05, 4.69) is 0 Å². The number of rotatable bonds is 7. The average molecular weight is 467 g/mol. The Labute approximate surface area is 198 Å². The maximum absolute atomic E-state index is 14.8. The fourth-order valence-electron chi connectivity index (χ4n) is 4.61. The molecule has 0 radical (unpaired) electrons. The first-order valence-electron chi connectivity index (χ1n) is 11.8. The van der Waals surface area contributed by atoms with Crippen molar-refractivity contribution in [2.45, 2.75) is 38.5 Å². The number of ether oxygens (including phenoxy) is 1. The Kier molecular flexibility index (Phi) is 7.73. The highest BCUT2D eigenvalue weighted by atomic mass is 19.2. The maximum atomic E-state index is 14.8. The number of hydrogen-bond donors (Lipinski definition) is 1. The van der Waals surface area contributed by atoms with Gasteiger partial charge in [0.1, 0.15) is 0 Å². The standard InChI is InChI=1S/C29H29F3O2/c1-2-34-27-16-14-24(17-26(27)30)21-8-3-19(4-9-21)5-12-23-13-15-25(29(32)28(23)31)22-10-6-20(18-33)7-11-22/h3-5,8-9,12-17,20,22,33H,2,6-7,10-11,18H2,1H3. The summed E-state index contributed by atoms with van der Waals surface area (Å²) in [5.74, 6) is -1.53. The van der Waals surface area contributed by atoms with E-state index in [0.29, 0.717) is 12.2 Å². The van der Waals surface area contributed by atoms with Crippen LogP contribution in [-0.2, 0) is 0 Å². The van der Waals surface area contributed by atoms with Crippen LogP contribution in [0.25, 0.3) is 23.3 Å². The molecule has 0 saturated heterocycles. The van der Waals surface area contributed by atoms with Gasteiger partial charge in [-0.2, -0.15) is 0 Å². The molecule has 0 aliphatic heterocycles. The van der Waals surface area contributed by atoms with Crippen LogP contribution in [0, 0.1) is 23.4 Å². The van der Waals surface area contributed by atoms with Gasteiger partial charge in [-0.1, -0.05) is 54.6 Å². The van der Waals surface area contributed by atoms with Crippen LogP contribution < -0.4 is 4.74 Å². The summed E-state index contributed by atoms with van der Waals surface area (Å²) in [4.78, 5) is 0. The molecule has 178 valence electrons. The Balaban J connectivity index is 1.46. The Morgan fingerprint density at radius 2 is 1.56 bits per heavy atom. The third-order valence-corrected chi connectivity index (χ3v) is 6.62. The minimum Gasteiger partial charge on any atom is -0.491 e. The van der Waals surface area contributed by atoms with Crippen molar-refractivity contribution >= 4 is 12.2 Å². The van der Waals surface area contributed by atoms with E-state index >= 15 is 0 Å². The fraction of sp³-hybridized carbons (Fsp3) is 0.310. The first-order chi connectivity index (χ1) is 16.5. The van der Waals surface area contributed by atoms with Crippen LogP contribution in [0.3, 0.4) is 0 Å². The molecule has 3 aromatic carbocycles. The van der Waals surface area contributed by atoms with Crippen molar-refractivity contribution in [1.82, 2.24) is 0 Å². The van der Waals surface area contributed by atoms with Crippen LogP contribution in [0.15, 0.2) is 54.6 Å². The smallest absolute Gasteiger partial charge is 0.166 e. The van der Waals surface area contributed by atoms with Crippen molar-refractivity contribution in [3.05, 3.63) is 88.7 Å². The average Bonchev–Trinajstić information content (AvgIpc) is 2.87. The van der Waals surface area contributed by atoms with Crippen LogP contribution in [0.1, 0.15) is 55.2 Å². The van der Waals surface area contributed by atoms with E-state index in [1.165, 1.54) is 6.07 Å². The molecule has 1 aliphatic rings. The third-order valence-electron chi connectivity index (χ3n) is 6.62. The van der Waals surface area contributed by atoms with Crippen LogP contribution >= 0.6 is 0 Å². The van der Waals surface area contributed by atoms with Crippen molar-refractivity contribution in [2.75, 3.05) is 13.2 Å². The van der Waals surface area contributed by atoms with Gasteiger partial charge in [-0.05, 0) is 78.8 Å². The van der Waals surface area contributed by atoms with E-state index in [4.69, 9.17) is 4.74 Å². The predicted octanol–water partition coefficient (Wildman–Crippen LogP) is 7.61. The van der Waals surface area contributed by atoms with Gasteiger partial charge in [-0.25, -0.2) is 13.2 Å². The summed E-state index contributed by atoms with van der Waals surface area (Å²) in [6.45, 7) is 2.36. The summed E-state index contributed by atoms with van der Waals surface area (Å²) in [5.41, 5.74) is 3.02. The van der Waals surface area contributed by atoms with E-state index in [1.54, 1.807) is 43.3 Å². The van der Waals surface area contributed by atoms with Gasteiger partial charge in [0.15, 0.2) is 23.2 Å². The van der Waals surface area contributed by atoms with Crippen molar-refractivity contribution in [3.63, 3.8) is 0 Å². The molecule has 3 aromatic rings. The monoisotopic (exact) mass is 466 g/mol. The second kappa shape index (κ2) is 10.9. The SMILES string of the molecule is CCOc1ccc(-c2ccc(C=Cc3ccc(C4CCC(CO)CC4)c(F)c3F)cc2)cc1F. The summed E-state index contributed by atoms with van der Waals surface area (Å²) < 4.78 is 49.0. The second-order valence-electron chi connectivity index (χ2n) is 8.81. The van der Waals surface area contributed by atoms with Gasteiger partial charge in [-0.15, -0.1) is 0 Å². The lowest BCUT2D eigenvalue weighted by molar-refractivity contribution is 0.181. The number of benzene rings is 3. The molecule has 0 heterocycles. The second-order valence-corrected chi connectivity index (χ2v) is 8.81. The Hall–Kier alpha value is -3.05. The van der Waals surface area contributed by atoms with Gasteiger partial charge in [0.05, 0.1) is 6.61 Å². The minimum atomic E-state index is -0.834. The molecule has 1 aliphatic carbocycles. The first kappa shape index (κ1) is 24.1. The molecule has 4 rings (SSSR count). The van der Waals surface area contributed by atoms with Crippen LogP contribution in [0.2, 0.25) is 0 Å². The number of hydrogen-bond acceptors (Lipinski definition) is 2. The normalized spacial score (nSPS) is 18.4. The molecule has 0 amide bonds.